The normalized spacial score (nSPS) is 9.74. The van der Waals surface area contributed by atoms with Crippen LogP contribution in [0.15, 0.2) is 18.2 Å². The van der Waals surface area contributed by atoms with Gasteiger partial charge in [-0.3, -0.25) is 0 Å². The van der Waals surface area contributed by atoms with E-state index in [1.807, 2.05) is 6.07 Å². The Morgan fingerprint density at radius 3 is 2.79 bits per heavy atom. The molecule has 8 heteroatoms. The van der Waals surface area contributed by atoms with Crippen molar-refractivity contribution in [3.63, 3.8) is 0 Å². The summed E-state index contributed by atoms with van der Waals surface area (Å²) >= 11 is 5.68. The molecule has 2 rings (SSSR count). The van der Waals surface area contributed by atoms with Gasteiger partial charge in [-0.05, 0) is 23.7 Å². The number of halogens is 1. The van der Waals surface area contributed by atoms with E-state index in [-0.39, 0.29) is 17.2 Å². The van der Waals surface area contributed by atoms with E-state index in [0.29, 0.717) is 17.0 Å². The Balaban J connectivity index is 2.35. The highest BCUT2D eigenvalue weighted by molar-refractivity contribution is 6.28. The first-order chi connectivity index (χ1) is 9.12. The zero-order valence-corrected chi connectivity index (χ0v) is 10.6. The van der Waals surface area contributed by atoms with Crippen molar-refractivity contribution in [2.24, 2.45) is 0 Å². The third-order valence-electron chi connectivity index (χ3n) is 2.20. The van der Waals surface area contributed by atoms with Crippen LogP contribution in [-0.4, -0.2) is 22.1 Å². The van der Waals surface area contributed by atoms with Crippen molar-refractivity contribution in [2.75, 3.05) is 18.2 Å². The third kappa shape index (κ3) is 3.00. The van der Waals surface area contributed by atoms with Gasteiger partial charge < -0.3 is 15.8 Å². The monoisotopic (exact) mass is 276 g/mol. The van der Waals surface area contributed by atoms with E-state index in [4.69, 9.17) is 27.3 Å². The Morgan fingerprint density at radius 1 is 1.37 bits per heavy atom. The number of ether oxygens (including phenoxy) is 1. The third-order valence-corrected chi connectivity index (χ3v) is 2.37. The first-order valence-corrected chi connectivity index (χ1v) is 5.52. The number of nitrogens with one attached hydrogen (secondary N) is 1. The quantitative estimate of drug-likeness (QED) is 0.878. The van der Waals surface area contributed by atoms with Gasteiger partial charge in [0, 0.05) is 6.07 Å². The molecular formula is C11H9ClN6O. The summed E-state index contributed by atoms with van der Waals surface area (Å²) in [6.45, 7) is 0. The molecular weight excluding hydrogens is 268 g/mol. The van der Waals surface area contributed by atoms with Crippen LogP contribution in [0.3, 0.4) is 0 Å². The Labute approximate surface area is 114 Å². The summed E-state index contributed by atoms with van der Waals surface area (Å²) in [5.41, 5.74) is 6.54. The van der Waals surface area contributed by atoms with E-state index in [1.54, 1.807) is 18.2 Å². The standard InChI is InChI=1S/C11H9ClN6O/c1-19-8-4-6(5-13)2-3-7(8)15-11-17-9(12)16-10(14)18-11/h2-4H,1H3,(H3,14,15,16,17,18). The Kier molecular flexibility index (Phi) is 3.63. The van der Waals surface area contributed by atoms with Crippen molar-refractivity contribution in [2.45, 2.75) is 0 Å². The second-order valence-corrected chi connectivity index (χ2v) is 3.78. The number of nitrogen functional groups attached to an aromatic ring is 1. The summed E-state index contributed by atoms with van der Waals surface area (Å²) in [6.07, 6.45) is 0. The Morgan fingerprint density at radius 2 is 2.16 bits per heavy atom. The molecule has 1 heterocycles. The van der Waals surface area contributed by atoms with E-state index in [9.17, 15) is 0 Å². The molecule has 0 aliphatic carbocycles. The molecule has 1 aromatic carbocycles. The highest BCUT2D eigenvalue weighted by Gasteiger charge is 2.08. The van der Waals surface area contributed by atoms with Crippen LogP contribution in [0.5, 0.6) is 5.75 Å². The lowest BCUT2D eigenvalue weighted by molar-refractivity contribution is 0.416. The lowest BCUT2D eigenvalue weighted by Crippen LogP contribution is -2.04. The van der Waals surface area contributed by atoms with Crippen molar-refractivity contribution in [3.8, 4) is 11.8 Å². The van der Waals surface area contributed by atoms with E-state index in [1.165, 1.54) is 7.11 Å². The van der Waals surface area contributed by atoms with Crippen molar-refractivity contribution in [1.29, 1.82) is 5.26 Å². The highest BCUT2D eigenvalue weighted by Crippen LogP contribution is 2.27. The fourth-order valence-corrected chi connectivity index (χ4v) is 1.57. The van der Waals surface area contributed by atoms with Crippen LogP contribution in [0.25, 0.3) is 0 Å². The minimum absolute atomic E-state index is 0.00936. The number of hydrogen-bond acceptors (Lipinski definition) is 7. The molecule has 0 atom stereocenters. The van der Waals surface area contributed by atoms with E-state index in [2.05, 4.69) is 20.3 Å². The number of methoxy groups -OCH3 is 1. The van der Waals surface area contributed by atoms with Gasteiger partial charge in [0.05, 0.1) is 24.4 Å². The zero-order chi connectivity index (χ0) is 13.8. The Hall–Kier alpha value is -2.59. The van der Waals surface area contributed by atoms with Gasteiger partial charge in [0.25, 0.3) is 0 Å². The van der Waals surface area contributed by atoms with Crippen molar-refractivity contribution in [1.82, 2.24) is 15.0 Å². The molecule has 96 valence electrons. The summed E-state index contributed by atoms with van der Waals surface area (Å²) in [7, 11) is 1.50. The molecule has 3 N–H and O–H groups in total. The second-order valence-electron chi connectivity index (χ2n) is 3.44. The van der Waals surface area contributed by atoms with Gasteiger partial charge >= 0.3 is 0 Å². The van der Waals surface area contributed by atoms with Crippen LogP contribution >= 0.6 is 11.6 Å². The molecule has 0 radical (unpaired) electrons. The maximum absolute atomic E-state index is 8.82. The van der Waals surface area contributed by atoms with Gasteiger partial charge in [-0.2, -0.15) is 20.2 Å². The van der Waals surface area contributed by atoms with Crippen LogP contribution in [-0.2, 0) is 0 Å². The summed E-state index contributed by atoms with van der Waals surface area (Å²) < 4.78 is 5.17. The van der Waals surface area contributed by atoms with E-state index >= 15 is 0 Å². The van der Waals surface area contributed by atoms with Gasteiger partial charge in [-0.25, -0.2) is 0 Å². The van der Waals surface area contributed by atoms with Gasteiger partial charge in [0.2, 0.25) is 17.2 Å². The number of anilines is 3. The minimum atomic E-state index is -0.0115. The molecule has 0 fully saturated rings. The number of nitriles is 1. The second kappa shape index (κ2) is 5.37. The maximum Gasteiger partial charge on any atom is 0.233 e. The summed E-state index contributed by atoms with van der Waals surface area (Å²) in [4.78, 5) is 11.4. The highest BCUT2D eigenvalue weighted by atomic mass is 35.5. The van der Waals surface area contributed by atoms with Crippen molar-refractivity contribution in [3.05, 3.63) is 29.0 Å². The number of nitrogens with zero attached hydrogens (tertiary/aromatic N) is 4. The molecule has 0 unspecified atom stereocenters. The minimum Gasteiger partial charge on any atom is -0.495 e. The molecule has 0 aliphatic rings. The smallest absolute Gasteiger partial charge is 0.233 e. The average Bonchev–Trinajstić information content (AvgIpc) is 2.38. The molecule has 1 aromatic heterocycles. The molecule has 19 heavy (non-hydrogen) atoms. The predicted molar refractivity (Wildman–Crippen MR) is 70.2 cm³/mol. The fraction of sp³-hybridized carbons (Fsp3) is 0.0909. The molecule has 7 nitrogen and oxygen atoms in total. The van der Waals surface area contributed by atoms with E-state index in [0.717, 1.165) is 0 Å². The molecule has 2 aromatic rings. The molecule has 0 amide bonds. The van der Waals surface area contributed by atoms with Crippen LogP contribution in [0.2, 0.25) is 5.28 Å². The number of nitrogens with two attached hydrogens (primary N) is 1. The number of benzene rings is 1. The molecule has 0 bridgehead atoms. The lowest BCUT2D eigenvalue weighted by Gasteiger charge is -2.10. The topological polar surface area (TPSA) is 110 Å². The zero-order valence-electron chi connectivity index (χ0n) is 9.88. The van der Waals surface area contributed by atoms with Crippen molar-refractivity contribution < 1.29 is 4.74 Å². The van der Waals surface area contributed by atoms with Gasteiger partial charge in [0.15, 0.2) is 0 Å². The van der Waals surface area contributed by atoms with Crippen LogP contribution in [0.1, 0.15) is 5.56 Å². The molecule has 0 aliphatic heterocycles. The van der Waals surface area contributed by atoms with Crippen molar-refractivity contribution >= 4 is 29.2 Å². The molecule has 0 saturated carbocycles. The van der Waals surface area contributed by atoms with Gasteiger partial charge in [-0.1, -0.05) is 0 Å². The first kappa shape index (κ1) is 12.9. The van der Waals surface area contributed by atoms with Crippen LogP contribution in [0, 0.1) is 11.3 Å². The SMILES string of the molecule is COc1cc(C#N)ccc1Nc1nc(N)nc(Cl)n1. The number of rotatable bonds is 3. The lowest BCUT2D eigenvalue weighted by atomic mass is 10.2. The van der Waals surface area contributed by atoms with Gasteiger partial charge in [-0.15, -0.1) is 0 Å². The van der Waals surface area contributed by atoms with Crippen LogP contribution < -0.4 is 15.8 Å². The summed E-state index contributed by atoms with van der Waals surface area (Å²) in [5.74, 6) is 0.685. The number of hydrogen-bond donors (Lipinski definition) is 2. The molecule has 0 spiro atoms. The Bertz CT molecular complexity index is 634. The van der Waals surface area contributed by atoms with Crippen LogP contribution in [0.4, 0.5) is 17.6 Å². The number of aromatic nitrogens is 3. The largest absolute Gasteiger partial charge is 0.495 e. The predicted octanol–water partition coefficient (Wildman–Crippen LogP) is 1.73. The fourth-order valence-electron chi connectivity index (χ4n) is 1.41. The molecule has 0 saturated heterocycles. The maximum atomic E-state index is 8.82. The summed E-state index contributed by atoms with van der Waals surface area (Å²) in [5, 5.41) is 11.7. The van der Waals surface area contributed by atoms with E-state index < -0.39 is 0 Å². The van der Waals surface area contributed by atoms with Gasteiger partial charge in [0.1, 0.15) is 5.75 Å². The summed E-state index contributed by atoms with van der Waals surface area (Å²) in [6, 6.07) is 6.92. The average molecular weight is 277 g/mol. The first-order valence-electron chi connectivity index (χ1n) is 5.14.